The number of hydrogen-bond donors (Lipinski definition) is 2. The van der Waals surface area contributed by atoms with Gasteiger partial charge in [0.15, 0.2) is 5.82 Å². The molecule has 0 amide bonds. The number of benzene rings is 1. The maximum Gasteiger partial charge on any atom is 0.165 e. The summed E-state index contributed by atoms with van der Waals surface area (Å²) >= 11 is 4.95. The fourth-order valence-electron chi connectivity index (χ4n) is 3.04. The van der Waals surface area contributed by atoms with Crippen LogP contribution in [0.3, 0.4) is 0 Å². The zero-order valence-corrected chi connectivity index (χ0v) is 14.1. The van der Waals surface area contributed by atoms with Gasteiger partial charge in [-0.25, -0.2) is 18.7 Å². The Kier molecular flexibility index (Phi) is 4.89. The van der Waals surface area contributed by atoms with E-state index in [1.807, 2.05) is 4.90 Å². The molecule has 1 aliphatic rings. The van der Waals surface area contributed by atoms with Gasteiger partial charge in [-0.1, -0.05) is 12.2 Å². The molecule has 2 heterocycles. The van der Waals surface area contributed by atoms with E-state index in [0.717, 1.165) is 18.6 Å². The fraction of sp³-hybridized carbons (Fsp3) is 0.235. The zero-order valence-electron chi connectivity index (χ0n) is 13.3. The van der Waals surface area contributed by atoms with Crippen molar-refractivity contribution in [1.29, 1.82) is 0 Å². The molecule has 1 aromatic heterocycles. The van der Waals surface area contributed by atoms with Crippen LogP contribution in [-0.4, -0.2) is 21.5 Å². The number of nitrogens with two attached hydrogens (primary N) is 2. The van der Waals surface area contributed by atoms with Gasteiger partial charge in [-0.05, 0) is 37.1 Å². The second-order valence-electron chi connectivity index (χ2n) is 5.70. The summed E-state index contributed by atoms with van der Waals surface area (Å²) in [6.45, 7) is 0.672. The molecule has 1 aromatic carbocycles. The highest BCUT2D eigenvalue weighted by molar-refractivity contribution is 7.81. The monoisotopic (exact) mass is 361 g/mol. The summed E-state index contributed by atoms with van der Waals surface area (Å²) in [5.74, 6) is -0.00339. The average Bonchev–Trinajstić information content (AvgIpc) is 3.07. The molecule has 130 valence electrons. The van der Waals surface area contributed by atoms with Gasteiger partial charge >= 0.3 is 0 Å². The minimum absolute atomic E-state index is 0.0915. The summed E-state index contributed by atoms with van der Waals surface area (Å²) in [4.78, 5) is 10.6. The van der Waals surface area contributed by atoms with E-state index >= 15 is 0 Å². The Labute approximate surface area is 149 Å². The average molecular weight is 361 g/mol. The molecule has 1 aliphatic heterocycles. The largest absolute Gasteiger partial charge is 0.404 e. The van der Waals surface area contributed by atoms with E-state index in [4.69, 9.17) is 23.7 Å². The minimum Gasteiger partial charge on any atom is -0.404 e. The predicted molar refractivity (Wildman–Crippen MR) is 96.7 cm³/mol. The van der Waals surface area contributed by atoms with Crippen molar-refractivity contribution >= 4 is 28.6 Å². The Morgan fingerprint density at radius 3 is 2.84 bits per heavy atom. The van der Waals surface area contributed by atoms with E-state index in [9.17, 15) is 8.78 Å². The van der Waals surface area contributed by atoms with Crippen molar-refractivity contribution in [3.8, 4) is 0 Å². The molecule has 3 rings (SSSR count). The van der Waals surface area contributed by atoms with E-state index in [1.165, 1.54) is 12.3 Å². The molecule has 1 saturated heterocycles. The van der Waals surface area contributed by atoms with Crippen molar-refractivity contribution in [3.05, 3.63) is 59.7 Å². The smallest absolute Gasteiger partial charge is 0.165 e. The minimum atomic E-state index is -0.464. The van der Waals surface area contributed by atoms with Gasteiger partial charge in [0.1, 0.15) is 22.4 Å². The van der Waals surface area contributed by atoms with Gasteiger partial charge in [0.05, 0.1) is 11.6 Å². The molecule has 1 fully saturated rings. The van der Waals surface area contributed by atoms with Crippen LogP contribution in [-0.2, 0) is 0 Å². The molecule has 5 nitrogen and oxygen atoms in total. The Bertz CT molecular complexity index is 840. The highest BCUT2D eigenvalue weighted by Crippen LogP contribution is 2.36. The first kappa shape index (κ1) is 17.2. The van der Waals surface area contributed by atoms with Crippen LogP contribution < -0.4 is 16.4 Å². The standard InChI is InChI=1S/C17H17F2N5S/c18-10-3-4-13(19)11(8-10)14-2-1-7-24(14)15-5-6-22-17(23-15)12(9-20)16(21)25/h3-6,8-9,14H,1-2,7,20H2,(H2,21,25)/t14-/m1/s1. The van der Waals surface area contributed by atoms with Crippen LogP contribution in [0.1, 0.15) is 30.3 Å². The van der Waals surface area contributed by atoms with Gasteiger partial charge in [0, 0.05) is 24.5 Å². The molecule has 0 bridgehead atoms. The topological polar surface area (TPSA) is 81.1 Å². The molecule has 25 heavy (non-hydrogen) atoms. The number of hydrogen-bond acceptors (Lipinski definition) is 5. The predicted octanol–water partition coefficient (Wildman–Crippen LogP) is 2.68. The summed E-state index contributed by atoms with van der Waals surface area (Å²) in [6, 6.07) is 4.91. The van der Waals surface area contributed by atoms with E-state index < -0.39 is 11.6 Å². The van der Waals surface area contributed by atoms with Crippen molar-refractivity contribution < 1.29 is 8.78 Å². The summed E-state index contributed by atoms with van der Waals surface area (Å²) in [5.41, 5.74) is 11.9. The van der Waals surface area contributed by atoms with Crippen LogP contribution in [0.15, 0.2) is 36.7 Å². The zero-order chi connectivity index (χ0) is 18.0. The summed E-state index contributed by atoms with van der Waals surface area (Å²) < 4.78 is 27.8. The molecule has 0 radical (unpaired) electrons. The molecule has 1 atom stereocenters. The van der Waals surface area contributed by atoms with Crippen molar-refractivity contribution in [2.75, 3.05) is 11.4 Å². The molecular formula is C17H17F2N5S. The van der Waals surface area contributed by atoms with Crippen molar-refractivity contribution in [2.24, 2.45) is 11.5 Å². The first-order valence-electron chi connectivity index (χ1n) is 7.78. The molecular weight excluding hydrogens is 344 g/mol. The number of rotatable bonds is 4. The van der Waals surface area contributed by atoms with Crippen molar-refractivity contribution in [1.82, 2.24) is 9.97 Å². The van der Waals surface area contributed by atoms with Crippen LogP contribution in [0.4, 0.5) is 14.6 Å². The summed E-state index contributed by atoms with van der Waals surface area (Å²) in [6.07, 6.45) is 4.37. The Morgan fingerprint density at radius 2 is 2.12 bits per heavy atom. The van der Waals surface area contributed by atoms with Gasteiger partial charge in [0.2, 0.25) is 0 Å². The van der Waals surface area contributed by atoms with Gasteiger partial charge < -0.3 is 16.4 Å². The molecule has 0 aliphatic carbocycles. The highest BCUT2D eigenvalue weighted by Gasteiger charge is 2.30. The first-order chi connectivity index (χ1) is 12.0. The quantitative estimate of drug-likeness (QED) is 0.644. The second kappa shape index (κ2) is 7.10. The third-order valence-corrected chi connectivity index (χ3v) is 4.40. The molecule has 8 heteroatoms. The molecule has 2 aromatic rings. The SMILES string of the molecule is NC=C(C(N)=S)c1nccc(N2CCC[C@@H]2c2cc(F)ccc2F)n1. The number of halogens is 2. The number of nitrogens with zero attached hydrogens (tertiary/aromatic N) is 3. The lowest BCUT2D eigenvalue weighted by Gasteiger charge is -2.26. The van der Waals surface area contributed by atoms with Gasteiger partial charge in [-0.3, -0.25) is 0 Å². The van der Waals surface area contributed by atoms with E-state index in [2.05, 4.69) is 9.97 Å². The second-order valence-corrected chi connectivity index (χ2v) is 6.14. The van der Waals surface area contributed by atoms with Crippen molar-refractivity contribution in [2.45, 2.75) is 18.9 Å². The molecule has 0 spiro atoms. The van der Waals surface area contributed by atoms with Gasteiger partial charge in [0.25, 0.3) is 0 Å². The van der Waals surface area contributed by atoms with E-state index in [1.54, 1.807) is 12.3 Å². The van der Waals surface area contributed by atoms with Crippen LogP contribution in [0.25, 0.3) is 5.57 Å². The lowest BCUT2D eigenvalue weighted by molar-refractivity contribution is 0.560. The van der Waals surface area contributed by atoms with Crippen LogP contribution >= 0.6 is 12.2 Å². The maximum atomic E-state index is 14.2. The highest BCUT2D eigenvalue weighted by atomic mass is 32.1. The van der Waals surface area contributed by atoms with Gasteiger partial charge in [-0.2, -0.15) is 0 Å². The van der Waals surface area contributed by atoms with Gasteiger partial charge in [-0.15, -0.1) is 0 Å². The Morgan fingerprint density at radius 1 is 1.32 bits per heavy atom. The Balaban J connectivity index is 1.98. The lowest BCUT2D eigenvalue weighted by atomic mass is 10.0. The van der Waals surface area contributed by atoms with Crippen LogP contribution in [0.2, 0.25) is 0 Å². The van der Waals surface area contributed by atoms with E-state index in [-0.39, 0.29) is 11.0 Å². The summed E-state index contributed by atoms with van der Waals surface area (Å²) in [5, 5.41) is 0. The molecule has 0 saturated carbocycles. The fourth-order valence-corrected chi connectivity index (χ4v) is 3.20. The lowest BCUT2D eigenvalue weighted by Crippen LogP contribution is -2.25. The third kappa shape index (κ3) is 3.43. The first-order valence-corrected chi connectivity index (χ1v) is 8.19. The normalized spacial score (nSPS) is 17.8. The van der Waals surface area contributed by atoms with Crippen molar-refractivity contribution in [3.63, 3.8) is 0 Å². The Hall–Kier alpha value is -2.61. The number of anilines is 1. The van der Waals surface area contributed by atoms with Crippen LogP contribution in [0, 0.1) is 11.6 Å². The number of aromatic nitrogens is 2. The molecule has 4 N–H and O–H groups in total. The molecule has 0 unspecified atom stereocenters. The summed E-state index contributed by atoms with van der Waals surface area (Å²) in [7, 11) is 0. The van der Waals surface area contributed by atoms with Crippen LogP contribution in [0.5, 0.6) is 0 Å². The van der Waals surface area contributed by atoms with E-state index in [0.29, 0.717) is 35.7 Å². The maximum absolute atomic E-state index is 14.2. The third-order valence-electron chi connectivity index (χ3n) is 4.18. The number of thiocarbonyl (C=S) groups is 1.